The minimum atomic E-state index is -1.53. The quantitative estimate of drug-likeness (QED) is 0.0211. The summed E-state index contributed by atoms with van der Waals surface area (Å²) in [6.07, 6.45) is 78.5. The number of aliphatic carboxylic acids is 1. The van der Waals surface area contributed by atoms with E-state index in [9.17, 15) is 19.5 Å². The highest BCUT2D eigenvalue weighted by atomic mass is 16.7. The molecule has 0 aliphatic heterocycles. The predicted octanol–water partition coefficient (Wildman–Crippen LogP) is 18.5. The van der Waals surface area contributed by atoms with E-state index in [1.807, 2.05) is 21.1 Å². The zero-order chi connectivity index (χ0) is 56.2. The number of hydrogen-bond donors (Lipinski definition) is 1. The van der Waals surface area contributed by atoms with E-state index < -0.39 is 24.3 Å². The topological polar surface area (TPSA) is 108 Å². The smallest absolute Gasteiger partial charge is 0.361 e. The van der Waals surface area contributed by atoms with Gasteiger partial charge in [0.1, 0.15) is 13.2 Å². The average Bonchev–Trinajstić information content (AvgIpc) is 3.40. The maximum atomic E-state index is 12.9. The fourth-order valence-electron chi connectivity index (χ4n) is 8.00. The molecule has 2 unspecified atom stereocenters. The first-order chi connectivity index (χ1) is 37.6. The van der Waals surface area contributed by atoms with Crippen molar-refractivity contribution in [1.82, 2.24) is 0 Å². The summed E-state index contributed by atoms with van der Waals surface area (Å²) in [7, 11) is 5.95. The Hall–Kier alpha value is -4.31. The summed E-state index contributed by atoms with van der Waals surface area (Å²) in [6.45, 7) is 4.71. The second-order valence-electron chi connectivity index (χ2n) is 21.3. The summed E-state index contributed by atoms with van der Waals surface area (Å²) in [5, 5.41) is 9.72. The summed E-state index contributed by atoms with van der Waals surface area (Å²) < 4.78 is 22.9. The highest BCUT2D eigenvalue weighted by molar-refractivity contribution is 5.71. The summed E-state index contributed by atoms with van der Waals surface area (Å²) in [6, 6.07) is 0. The van der Waals surface area contributed by atoms with E-state index in [4.69, 9.17) is 18.9 Å². The zero-order valence-corrected chi connectivity index (χ0v) is 49.8. The molecule has 0 aliphatic carbocycles. The van der Waals surface area contributed by atoms with E-state index >= 15 is 0 Å². The van der Waals surface area contributed by atoms with E-state index in [2.05, 4.69) is 135 Å². The molecule has 0 aromatic carbocycles. The van der Waals surface area contributed by atoms with Gasteiger partial charge < -0.3 is 28.5 Å². The predicted molar refractivity (Wildman–Crippen MR) is 327 cm³/mol. The minimum Gasteiger partial charge on any atom is -0.477 e. The van der Waals surface area contributed by atoms with Crippen LogP contribution < -0.4 is 0 Å². The molecule has 9 nitrogen and oxygen atoms in total. The molecule has 0 aromatic rings. The molecule has 0 rings (SSSR count). The minimum absolute atomic E-state index is 0.175. The number of rotatable bonds is 55. The maximum absolute atomic E-state index is 12.9. The van der Waals surface area contributed by atoms with E-state index in [-0.39, 0.29) is 38.6 Å². The van der Waals surface area contributed by atoms with Crippen LogP contribution in [0.3, 0.4) is 0 Å². The SMILES string of the molecule is CC/C=C\C/C=C\C/C=C\C/C=C\C/C=C\C/C=C\C/C=C\C/C=C\CCCCCCC(=O)OC(COC(=O)CCCCCCCCCCCCC/C=C\C/C=C\CCCCCCC)COC(OCC[N+](C)(C)C)C(=O)O. The fraction of sp³-hybridized carbons (Fsp3) is 0.662. The Morgan fingerprint density at radius 2 is 0.740 bits per heavy atom. The van der Waals surface area contributed by atoms with Crippen molar-refractivity contribution in [3.05, 3.63) is 122 Å². The van der Waals surface area contributed by atoms with Gasteiger partial charge in [0, 0.05) is 12.8 Å². The van der Waals surface area contributed by atoms with Crippen LogP contribution in [0.5, 0.6) is 0 Å². The van der Waals surface area contributed by atoms with E-state index in [0.29, 0.717) is 17.4 Å². The van der Waals surface area contributed by atoms with Crippen molar-refractivity contribution in [2.75, 3.05) is 47.5 Å². The molecule has 9 heteroatoms. The van der Waals surface area contributed by atoms with Crippen molar-refractivity contribution in [2.45, 2.75) is 245 Å². The molecule has 0 bridgehead atoms. The third-order valence-corrected chi connectivity index (χ3v) is 12.7. The largest absolute Gasteiger partial charge is 0.477 e. The second kappa shape index (κ2) is 57.9. The normalized spacial score (nSPS) is 13.6. The molecule has 438 valence electrons. The van der Waals surface area contributed by atoms with E-state index in [0.717, 1.165) is 103 Å². The molecule has 0 spiro atoms. The molecule has 0 radical (unpaired) electrons. The summed E-state index contributed by atoms with van der Waals surface area (Å²) in [5.41, 5.74) is 0. The van der Waals surface area contributed by atoms with Crippen molar-refractivity contribution >= 4 is 17.9 Å². The van der Waals surface area contributed by atoms with Crippen LogP contribution in [0.15, 0.2) is 122 Å². The standard InChI is InChI=1S/C68H113NO8/c1-6-8-10-12-14-16-18-20-22-24-26-28-30-31-32-33-34-35-37-39-41-43-45-47-49-51-53-55-57-59-66(71)77-64(63-76-68(67(72)73)74-61-60-69(3,4)5)62-75-65(70)58-56-54-52-50-48-46-44-42-40-38-36-29-27-25-23-21-19-17-15-13-11-9-7-2/h8,10,14,16,19-22,25-28,31-32,34-35,39,41,45,47,64,68H,6-7,9,11-13,15,17-18,23-24,29-30,33,36-38,40,42-44,46,48-63H2,1-5H3/p+1/b10-8-,16-14-,21-19-,22-20-,27-25-,28-26-,32-31-,35-34-,41-39-,47-45-. The summed E-state index contributed by atoms with van der Waals surface area (Å²) in [4.78, 5) is 37.5. The van der Waals surface area contributed by atoms with Gasteiger partial charge in [0.05, 0.1) is 34.4 Å². The lowest BCUT2D eigenvalue weighted by atomic mass is 10.0. The van der Waals surface area contributed by atoms with Gasteiger partial charge in [-0.15, -0.1) is 0 Å². The maximum Gasteiger partial charge on any atom is 0.361 e. The zero-order valence-electron chi connectivity index (χ0n) is 49.8. The number of carbonyl (C=O) groups excluding carboxylic acids is 2. The number of likely N-dealkylation sites (N-methyl/N-ethyl adjacent to an activating group) is 1. The van der Waals surface area contributed by atoms with Gasteiger partial charge in [-0.1, -0.05) is 232 Å². The van der Waals surface area contributed by atoms with Gasteiger partial charge in [-0.05, 0) is 109 Å². The number of nitrogens with zero attached hydrogens (tertiary/aromatic N) is 1. The van der Waals surface area contributed by atoms with Crippen LogP contribution in [0.4, 0.5) is 0 Å². The molecule has 0 saturated carbocycles. The van der Waals surface area contributed by atoms with Gasteiger partial charge in [-0.2, -0.15) is 0 Å². The van der Waals surface area contributed by atoms with Gasteiger partial charge in [0.25, 0.3) is 6.29 Å². The van der Waals surface area contributed by atoms with Crippen LogP contribution >= 0.6 is 0 Å². The fourth-order valence-corrected chi connectivity index (χ4v) is 8.00. The average molecular weight is 1070 g/mol. The Balaban J connectivity index is 4.32. The molecule has 2 atom stereocenters. The van der Waals surface area contributed by atoms with Crippen LogP contribution in [0, 0.1) is 0 Å². The molecule has 0 saturated heterocycles. The van der Waals surface area contributed by atoms with Crippen molar-refractivity contribution in [3.63, 3.8) is 0 Å². The molecule has 0 amide bonds. The lowest BCUT2D eigenvalue weighted by Crippen LogP contribution is -2.40. The van der Waals surface area contributed by atoms with E-state index in [1.54, 1.807) is 0 Å². The number of esters is 2. The van der Waals surface area contributed by atoms with Crippen LogP contribution in [0.2, 0.25) is 0 Å². The van der Waals surface area contributed by atoms with Crippen molar-refractivity contribution in [2.24, 2.45) is 0 Å². The summed E-state index contributed by atoms with van der Waals surface area (Å²) in [5.74, 6) is -2.05. The Kier molecular flexibility index (Phi) is 54.6. The molecule has 0 fully saturated rings. The van der Waals surface area contributed by atoms with Gasteiger partial charge in [0.2, 0.25) is 0 Å². The Morgan fingerprint density at radius 3 is 1.10 bits per heavy atom. The number of unbranched alkanes of at least 4 members (excludes halogenated alkanes) is 20. The monoisotopic (exact) mass is 1070 g/mol. The van der Waals surface area contributed by atoms with Crippen LogP contribution in [0.25, 0.3) is 0 Å². The Bertz CT molecular complexity index is 1670. The second-order valence-corrected chi connectivity index (χ2v) is 21.3. The van der Waals surface area contributed by atoms with Gasteiger partial charge >= 0.3 is 17.9 Å². The number of carbonyl (C=O) groups is 3. The lowest BCUT2D eigenvalue weighted by Gasteiger charge is -2.25. The van der Waals surface area contributed by atoms with Gasteiger partial charge in [0.15, 0.2) is 6.10 Å². The number of carboxylic acids is 1. The number of hydrogen-bond acceptors (Lipinski definition) is 7. The number of allylic oxidation sites excluding steroid dienone is 20. The highest BCUT2D eigenvalue weighted by Crippen LogP contribution is 2.15. The molecule has 77 heavy (non-hydrogen) atoms. The Morgan fingerprint density at radius 1 is 0.403 bits per heavy atom. The van der Waals surface area contributed by atoms with Gasteiger partial charge in [-0.3, -0.25) is 9.59 Å². The van der Waals surface area contributed by atoms with Crippen molar-refractivity contribution in [3.8, 4) is 0 Å². The molecular formula is C68H114NO8+. The van der Waals surface area contributed by atoms with E-state index in [1.165, 1.54) is 96.3 Å². The van der Waals surface area contributed by atoms with Gasteiger partial charge in [-0.25, -0.2) is 4.79 Å². The Labute approximate surface area is 472 Å². The first-order valence-corrected chi connectivity index (χ1v) is 30.7. The number of ether oxygens (including phenoxy) is 4. The third kappa shape index (κ3) is 59.2. The lowest BCUT2D eigenvalue weighted by molar-refractivity contribution is -0.870. The number of carboxylic acid groups (broad SMARTS) is 1. The molecular weight excluding hydrogens is 959 g/mol. The molecule has 0 heterocycles. The summed E-state index contributed by atoms with van der Waals surface area (Å²) >= 11 is 0. The first-order valence-electron chi connectivity index (χ1n) is 30.7. The van der Waals surface area contributed by atoms with Crippen molar-refractivity contribution < 1.29 is 42.9 Å². The van der Waals surface area contributed by atoms with Crippen LogP contribution in [-0.2, 0) is 33.3 Å². The molecule has 0 aromatic heterocycles. The van der Waals surface area contributed by atoms with Crippen LogP contribution in [-0.4, -0.2) is 87.4 Å². The molecule has 0 aliphatic rings. The third-order valence-electron chi connectivity index (χ3n) is 12.7. The van der Waals surface area contributed by atoms with Crippen LogP contribution in [0.1, 0.15) is 232 Å². The first kappa shape index (κ1) is 72.7. The molecule has 1 N–H and O–H groups in total. The van der Waals surface area contributed by atoms with Crippen molar-refractivity contribution in [1.29, 1.82) is 0 Å². The highest BCUT2D eigenvalue weighted by Gasteiger charge is 2.25. The number of quaternary nitrogens is 1.